The minimum atomic E-state index is -0.555. The van der Waals surface area contributed by atoms with Crippen molar-refractivity contribution in [2.75, 3.05) is 0 Å². The molecule has 0 spiro atoms. The summed E-state index contributed by atoms with van der Waals surface area (Å²) in [4.78, 5) is 23.4. The van der Waals surface area contributed by atoms with E-state index >= 15 is 0 Å². The molecule has 0 saturated carbocycles. The smallest absolute Gasteiger partial charge is 0.227 e. The van der Waals surface area contributed by atoms with Gasteiger partial charge in [0.15, 0.2) is 11.9 Å². The first-order chi connectivity index (χ1) is 9.33. The van der Waals surface area contributed by atoms with E-state index < -0.39 is 6.10 Å². The summed E-state index contributed by atoms with van der Waals surface area (Å²) in [6.07, 6.45) is -0.00502. The molecular weight excluding hydrogens is 260 g/mol. The van der Waals surface area contributed by atoms with Gasteiger partial charge in [-0.1, -0.05) is 36.4 Å². The van der Waals surface area contributed by atoms with Crippen LogP contribution in [0.4, 0.5) is 0 Å². The highest BCUT2D eigenvalue weighted by molar-refractivity contribution is 8.13. The molecule has 0 saturated heterocycles. The Balaban J connectivity index is 1.70. The minimum absolute atomic E-state index is 0.0410. The summed E-state index contributed by atoms with van der Waals surface area (Å²) >= 11 is 1.18. The molecule has 2 aromatic carbocycles. The lowest BCUT2D eigenvalue weighted by Crippen LogP contribution is -2.29. The van der Waals surface area contributed by atoms with E-state index in [4.69, 9.17) is 9.78 Å². The molecular formula is C15H12O3S. The molecule has 3 nitrogen and oxygen atoms in total. The minimum Gasteiger partial charge on any atom is -0.336 e. The van der Waals surface area contributed by atoms with Gasteiger partial charge < -0.3 is 4.89 Å². The summed E-state index contributed by atoms with van der Waals surface area (Å²) in [5.41, 5.74) is 1.00. The first-order valence-electron chi connectivity index (χ1n) is 6.01. The highest BCUT2D eigenvalue weighted by Crippen LogP contribution is 2.29. The van der Waals surface area contributed by atoms with Crippen LogP contribution in [0.1, 0.15) is 5.56 Å². The molecule has 0 fully saturated rings. The number of hydrogen-bond acceptors (Lipinski definition) is 4. The van der Waals surface area contributed by atoms with Crippen molar-refractivity contribution in [3.05, 3.63) is 60.2 Å². The average Bonchev–Trinajstić information content (AvgIpc) is 2.48. The Bertz CT molecular complexity index is 583. The third-order valence-corrected chi connectivity index (χ3v) is 3.83. The van der Waals surface area contributed by atoms with Crippen LogP contribution >= 0.6 is 11.8 Å². The molecule has 3 rings (SSSR count). The number of fused-ring (bicyclic) bond motifs is 1. The van der Waals surface area contributed by atoms with Crippen molar-refractivity contribution < 1.29 is 14.6 Å². The van der Waals surface area contributed by atoms with Gasteiger partial charge in [0.05, 0.1) is 0 Å². The topological polar surface area (TPSA) is 35.5 Å². The van der Waals surface area contributed by atoms with Crippen LogP contribution in [0.25, 0.3) is 0 Å². The first-order valence-corrected chi connectivity index (χ1v) is 6.82. The molecule has 0 N–H and O–H groups in total. The number of rotatable bonds is 2. The third-order valence-electron chi connectivity index (χ3n) is 2.86. The van der Waals surface area contributed by atoms with Crippen molar-refractivity contribution in [3.8, 4) is 5.75 Å². The second kappa shape index (κ2) is 5.47. The fraction of sp³-hybridized carbons (Fsp3) is 0.133. The van der Waals surface area contributed by atoms with E-state index in [0.717, 1.165) is 10.5 Å². The monoisotopic (exact) mass is 272 g/mol. The maximum atomic E-state index is 12.1. The van der Waals surface area contributed by atoms with Crippen molar-refractivity contribution in [3.63, 3.8) is 0 Å². The summed E-state index contributed by atoms with van der Waals surface area (Å²) in [7, 11) is 0. The van der Waals surface area contributed by atoms with Crippen LogP contribution in [0.3, 0.4) is 0 Å². The zero-order chi connectivity index (χ0) is 13.1. The van der Waals surface area contributed by atoms with E-state index in [-0.39, 0.29) is 5.12 Å². The van der Waals surface area contributed by atoms with Crippen LogP contribution in [0.2, 0.25) is 0 Å². The lowest BCUT2D eigenvalue weighted by Gasteiger charge is -2.22. The van der Waals surface area contributed by atoms with Gasteiger partial charge in [0.2, 0.25) is 5.12 Å². The largest absolute Gasteiger partial charge is 0.336 e. The van der Waals surface area contributed by atoms with Crippen LogP contribution in [-0.4, -0.2) is 11.2 Å². The van der Waals surface area contributed by atoms with E-state index in [9.17, 15) is 4.79 Å². The molecule has 96 valence electrons. The van der Waals surface area contributed by atoms with Crippen molar-refractivity contribution in [1.29, 1.82) is 0 Å². The molecule has 0 amide bonds. The molecule has 1 aliphatic heterocycles. The van der Waals surface area contributed by atoms with Gasteiger partial charge in [-0.15, -0.1) is 0 Å². The van der Waals surface area contributed by atoms with Crippen LogP contribution in [0.5, 0.6) is 5.75 Å². The van der Waals surface area contributed by atoms with Gasteiger partial charge in [-0.05, 0) is 30.0 Å². The highest BCUT2D eigenvalue weighted by Gasteiger charge is 2.28. The Morgan fingerprint density at radius 1 is 1.05 bits per heavy atom. The molecule has 2 aromatic rings. The van der Waals surface area contributed by atoms with Crippen molar-refractivity contribution in [2.45, 2.75) is 17.4 Å². The number of benzene rings is 2. The van der Waals surface area contributed by atoms with Gasteiger partial charge in [0.1, 0.15) is 0 Å². The zero-order valence-electron chi connectivity index (χ0n) is 10.1. The van der Waals surface area contributed by atoms with Crippen LogP contribution in [0, 0.1) is 0 Å². The van der Waals surface area contributed by atoms with E-state index in [0.29, 0.717) is 12.2 Å². The Morgan fingerprint density at radius 2 is 1.79 bits per heavy atom. The summed E-state index contributed by atoms with van der Waals surface area (Å²) < 4.78 is 0. The number of carbonyl (C=O) groups is 1. The van der Waals surface area contributed by atoms with Crippen LogP contribution in [-0.2, 0) is 16.1 Å². The second-order valence-corrected chi connectivity index (χ2v) is 5.29. The van der Waals surface area contributed by atoms with Crippen molar-refractivity contribution >= 4 is 16.9 Å². The summed E-state index contributed by atoms with van der Waals surface area (Å²) in [6.45, 7) is 0. The molecule has 0 radical (unpaired) electrons. The number of hydrogen-bond donors (Lipinski definition) is 0. The molecule has 1 aliphatic rings. The van der Waals surface area contributed by atoms with Crippen molar-refractivity contribution in [2.24, 2.45) is 0 Å². The van der Waals surface area contributed by atoms with Gasteiger partial charge in [0.25, 0.3) is 0 Å². The molecule has 1 unspecified atom stereocenters. The zero-order valence-corrected chi connectivity index (χ0v) is 10.9. The van der Waals surface area contributed by atoms with Crippen molar-refractivity contribution in [1.82, 2.24) is 0 Å². The Hall–Kier alpha value is -1.78. The summed E-state index contributed by atoms with van der Waals surface area (Å²) in [5.74, 6) is 0.691. The molecule has 4 heteroatoms. The maximum Gasteiger partial charge on any atom is 0.227 e. The Labute approximate surface area is 115 Å². The van der Waals surface area contributed by atoms with E-state index in [1.54, 1.807) is 0 Å². The molecule has 0 aliphatic carbocycles. The highest BCUT2D eigenvalue weighted by atomic mass is 32.2. The lowest BCUT2D eigenvalue weighted by molar-refractivity contribution is -0.245. The lowest BCUT2D eigenvalue weighted by atomic mass is 10.1. The Kier molecular flexibility index (Phi) is 3.53. The third kappa shape index (κ3) is 2.80. The number of para-hydroxylation sites is 1. The standard InChI is InChI=1S/C15H12O3S/c16-15(19-12-7-2-1-3-8-12)14-10-11-6-4-5-9-13(11)17-18-14/h1-9,14H,10H2. The Morgan fingerprint density at radius 3 is 2.63 bits per heavy atom. The molecule has 0 bridgehead atoms. The van der Waals surface area contributed by atoms with Gasteiger partial charge in [-0.3, -0.25) is 4.79 Å². The van der Waals surface area contributed by atoms with Crippen LogP contribution < -0.4 is 4.89 Å². The summed E-state index contributed by atoms with van der Waals surface area (Å²) in [6, 6.07) is 17.1. The average molecular weight is 272 g/mol. The molecule has 0 aromatic heterocycles. The molecule has 1 atom stereocenters. The van der Waals surface area contributed by atoms with E-state index in [1.807, 2.05) is 54.6 Å². The second-order valence-electron chi connectivity index (χ2n) is 4.21. The fourth-order valence-corrected chi connectivity index (χ4v) is 2.67. The summed E-state index contributed by atoms with van der Waals surface area (Å²) in [5, 5.41) is -0.0410. The normalized spacial score (nSPS) is 17.4. The van der Waals surface area contributed by atoms with Gasteiger partial charge in [0, 0.05) is 16.9 Å². The molecule has 1 heterocycles. The number of thioether (sulfide) groups is 1. The first kappa shape index (κ1) is 12.3. The maximum absolute atomic E-state index is 12.1. The SMILES string of the molecule is O=C(Sc1ccccc1)C1Cc2ccccc2OO1. The van der Waals surface area contributed by atoms with E-state index in [1.165, 1.54) is 11.8 Å². The van der Waals surface area contributed by atoms with Crippen LogP contribution in [0.15, 0.2) is 59.5 Å². The van der Waals surface area contributed by atoms with Gasteiger partial charge >= 0.3 is 0 Å². The fourth-order valence-electron chi connectivity index (χ4n) is 1.89. The number of carbonyl (C=O) groups excluding carboxylic acids is 1. The van der Waals surface area contributed by atoms with Gasteiger partial charge in [-0.2, -0.15) is 4.89 Å². The predicted octanol–water partition coefficient (Wildman–Crippen LogP) is 3.24. The quantitative estimate of drug-likeness (QED) is 0.621. The predicted molar refractivity (Wildman–Crippen MR) is 73.0 cm³/mol. The van der Waals surface area contributed by atoms with E-state index in [2.05, 4.69) is 0 Å². The molecule has 19 heavy (non-hydrogen) atoms. The van der Waals surface area contributed by atoms with Gasteiger partial charge in [-0.25, -0.2) is 0 Å².